The lowest BCUT2D eigenvalue weighted by atomic mass is 10.3. The van der Waals surface area contributed by atoms with Gasteiger partial charge in [-0.25, -0.2) is 4.79 Å². The van der Waals surface area contributed by atoms with Crippen molar-refractivity contribution in [1.29, 1.82) is 0 Å². The highest BCUT2D eigenvalue weighted by atomic mass is 16.2. The highest BCUT2D eigenvalue weighted by Gasteiger charge is 2.12. The third-order valence-electron chi connectivity index (χ3n) is 2.26. The summed E-state index contributed by atoms with van der Waals surface area (Å²) in [6.07, 6.45) is 0.798. The molecule has 0 spiro atoms. The van der Waals surface area contributed by atoms with Crippen molar-refractivity contribution >= 4 is 5.91 Å². The van der Waals surface area contributed by atoms with Crippen LogP contribution >= 0.6 is 0 Å². The van der Waals surface area contributed by atoms with E-state index in [9.17, 15) is 14.4 Å². The molecule has 1 aromatic heterocycles. The topological polar surface area (TPSA) is 98.1 Å². The van der Waals surface area contributed by atoms with Crippen molar-refractivity contribution < 1.29 is 4.79 Å². The number of aromatic amines is 2. The Hall–Kier alpha value is -1.89. The highest BCUT2D eigenvalue weighted by Crippen LogP contribution is 1.96. The maximum atomic E-state index is 11.8. The van der Waals surface area contributed by atoms with E-state index in [1.54, 1.807) is 7.05 Å². The first-order valence-electron chi connectivity index (χ1n) is 5.28. The van der Waals surface area contributed by atoms with Gasteiger partial charge in [-0.2, -0.15) is 0 Å². The van der Waals surface area contributed by atoms with Crippen LogP contribution in [0.1, 0.15) is 16.9 Å². The minimum absolute atomic E-state index is 0.00528. The fraction of sp³-hybridized carbons (Fsp3) is 0.500. The molecule has 1 amide bonds. The normalized spacial score (nSPS) is 10.2. The van der Waals surface area contributed by atoms with E-state index in [4.69, 9.17) is 0 Å². The Kier molecular flexibility index (Phi) is 4.65. The number of hydrogen-bond acceptors (Lipinski definition) is 4. The zero-order valence-electron chi connectivity index (χ0n) is 9.87. The molecule has 17 heavy (non-hydrogen) atoms. The molecule has 3 N–H and O–H groups in total. The number of nitrogens with one attached hydrogen (secondary N) is 3. The summed E-state index contributed by atoms with van der Waals surface area (Å²) >= 11 is 0. The third kappa shape index (κ3) is 3.87. The second-order valence-electron chi connectivity index (χ2n) is 3.69. The van der Waals surface area contributed by atoms with Crippen molar-refractivity contribution in [1.82, 2.24) is 20.2 Å². The molecule has 0 aliphatic carbocycles. The van der Waals surface area contributed by atoms with Gasteiger partial charge in [-0.1, -0.05) is 0 Å². The van der Waals surface area contributed by atoms with Crippen LogP contribution in [0.4, 0.5) is 0 Å². The molecule has 0 atom stereocenters. The summed E-state index contributed by atoms with van der Waals surface area (Å²) in [5, 5.41) is 2.97. The molecule has 1 heterocycles. The summed E-state index contributed by atoms with van der Waals surface area (Å²) in [5.74, 6) is -0.371. The van der Waals surface area contributed by atoms with Crippen LogP contribution in [0.25, 0.3) is 0 Å². The molecule has 0 radical (unpaired) electrons. The van der Waals surface area contributed by atoms with Crippen LogP contribution < -0.4 is 16.6 Å². The predicted octanol–water partition coefficient (Wildman–Crippen LogP) is -1.26. The highest BCUT2D eigenvalue weighted by molar-refractivity contribution is 5.91. The Morgan fingerprint density at radius 3 is 2.71 bits per heavy atom. The average Bonchev–Trinajstić information content (AvgIpc) is 2.27. The van der Waals surface area contributed by atoms with E-state index >= 15 is 0 Å². The van der Waals surface area contributed by atoms with Crippen LogP contribution in [-0.4, -0.2) is 48.0 Å². The van der Waals surface area contributed by atoms with Crippen LogP contribution in [0.5, 0.6) is 0 Å². The molecule has 7 nitrogen and oxygen atoms in total. The monoisotopic (exact) mass is 240 g/mol. The van der Waals surface area contributed by atoms with E-state index in [2.05, 4.69) is 10.3 Å². The van der Waals surface area contributed by atoms with Gasteiger partial charge in [-0.15, -0.1) is 0 Å². The van der Waals surface area contributed by atoms with E-state index in [0.717, 1.165) is 19.0 Å². The Morgan fingerprint density at radius 2 is 2.12 bits per heavy atom. The third-order valence-corrected chi connectivity index (χ3v) is 2.26. The molecular weight excluding hydrogens is 224 g/mol. The lowest BCUT2D eigenvalue weighted by molar-refractivity contribution is 0.0787. The summed E-state index contributed by atoms with van der Waals surface area (Å²) in [5.41, 5.74) is -1.25. The maximum Gasteiger partial charge on any atom is 0.326 e. The van der Waals surface area contributed by atoms with Gasteiger partial charge >= 0.3 is 5.69 Å². The summed E-state index contributed by atoms with van der Waals surface area (Å²) < 4.78 is 0. The van der Waals surface area contributed by atoms with E-state index in [-0.39, 0.29) is 11.6 Å². The second kappa shape index (κ2) is 6.00. The summed E-state index contributed by atoms with van der Waals surface area (Å²) in [4.78, 5) is 39.6. The van der Waals surface area contributed by atoms with Crippen LogP contribution in [0, 0.1) is 0 Å². The summed E-state index contributed by atoms with van der Waals surface area (Å²) in [7, 11) is 3.45. The van der Waals surface area contributed by atoms with Gasteiger partial charge in [0.25, 0.3) is 11.5 Å². The number of H-pyrrole nitrogens is 2. The number of hydrogen-bond donors (Lipinski definition) is 3. The van der Waals surface area contributed by atoms with Crippen molar-refractivity contribution in [3.8, 4) is 0 Å². The SMILES string of the molecule is CNCCCN(C)C(=O)c1cc(=O)[nH]c(=O)[nH]1. The second-order valence-corrected chi connectivity index (χ2v) is 3.69. The van der Waals surface area contributed by atoms with Crippen LogP contribution in [0.15, 0.2) is 15.7 Å². The molecule has 0 saturated heterocycles. The lowest BCUT2D eigenvalue weighted by Gasteiger charge is -2.16. The molecule has 7 heteroatoms. The maximum absolute atomic E-state index is 11.8. The molecule has 94 valence electrons. The van der Waals surface area contributed by atoms with E-state index in [1.165, 1.54) is 4.90 Å². The number of rotatable bonds is 5. The van der Waals surface area contributed by atoms with Gasteiger partial charge in [0.2, 0.25) is 0 Å². The Bertz CT molecular complexity index is 463. The van der Waals surface area contributed by atoms with Gasteiger partial charge in [0.05, 0.1) is 0 Å². The molecular formula is C10H16N4O3. The molecule has 0 bridgehead atoms. The van der Waals surface area contributed by atoms with Crippen molar-refractivity contribution in [2.75, 3.05) is 27.2 Å². The minimum Gasteiger partial charge on any atom is -0.340 e. The Morgan fingerprint density at radius 1 is 1.41 bits per heavy atom. The quantitative estimate of drug-likeness (QED) is 0.560. The van der Waals surface area contributed by atoms with Gasteiger partial charge in [-0.3, -0.25) is 14.6 Å². The summed E-state index contributed by atoms with van der Waals surface area (Å²) in [6.45, 7) is 1.35. The summed E-state index contributed by atoms with van der Waals surface area (Å²) in [6, 6.07) is 1.08. The number of amides is 1. The smallest absolute Gasteiger partial charge is 0.326 e. The zero-order chi connectivity index (χ0) is 12.8. The molecule has 0 saturated carbocycles. The van der Waals surface area contributed by atoms with Crippen molar-refractivity contribution in [2.24, 2.45) is 0 Å². The Balaban J connectivity index is 2.74. The van der Waals surface area contributed by atoms with Crippen molar-refractivity contribution in [3.05, 3.63) is 32.6 Å². The molecule has 1 rings (SSSR count). The molecule has 0 unspecified atom stereocenters. The molecule has 1 aromatic rings. The van der Waals surface area contributed by atoms with E-state index in [1.807, 2.05) is 12.0 Å². The standard InChI is InChI=1S/C10H16N4O3/c1-11-4-3-5-14(2)9(16)7-6-8(15)13-10(17)12-7/h6,11H,3-5H2,1-2H3,(H2,12,13,15,17). The Labute approximate surface area is 97.9 Å². The van der Waals surface area contributed by atoms with Gasteiger partial charge in [-0.05, 0) is 20.0 Å². The van der Waals surface area contributed by atoms with E-state index in [0.29, 0.717) is 6.54 Å². The first kappa shape index (κ1) is 13.2. The number of carbonyl (C=O) groups excluding carboxylic acids is 1. The van der Waals surface area contributed by atoms with Gasteiger partial charge in [0, 0.05) is 19.7 Å². The number of nitrogens with zero attached hydrogens (tertiary/aromatic N) is 1. The minimum atomic E-state index is -0.676. The van der Waals surface area contributed by atoms with Crippen molar-refractivity contribution in [2.45, 2.75) is 6.42 Å². The van der Waals surface area contributed by atoms with Gasteiger partial charge in [0.15, 0.2) is 0 Å². The first-order valence-corrected chi connectivity index (χ1v) is 5.28. The molecule has 0 fully saturated rings. The fourth-order valence-corrected chi connectivity index (χ4v) is 1.38. The molecule has 0 aromatic carbocycles. The van der Waals surface area contributed by atoms with Crippen LogP contribution in [0.2, 0.25) is 0 Å². The number of aromatic nitrogens is 2. The lowest BCUT2D eigenvalue weighted by Crippen LogP contribution is -2.33. The molecule has 0 aliphatic heterocycles. The zero-order valence-corrected chi connectivity index (χ0v) is 9.87. The first-order chi connectivity index (χ1) is 8.04. The fourth-order valence-electron chi connectivity index (χ4n) is 1.38. The van der Waals surface area contributed by atoms with Crippen molar-refractivity contribution in [3.63, 3.8) is 0 Å². The van der Waals surface area contributed by atoms with Gasteiger partial charge in [0.1, 0.15) is 5.69 Å². The van der Waals surface area contributed by atoms with E-state index < -0.39 is 11.2 Å². The predicted molar refractivity (Wildman–Crippen MR) is 63.2 cm³/mol. The van der Waals surface area contributed by atoms with Crippen LogP contribution in [0.3, 0.4) is 0 Å². The molecule has 0 aliphatic rings. The average molecular weight is 240 g/mol. The number of carbonyl (C=O) groups is 1. The van der Waals surface area contributed by atoms with Gasteiger partial charge < -0.3 is 15.2 Å². The largest absolute Gasteiger partial charge is 0.340 e. The van der Waals surface area contributed by atoms with Crippen LogP contribution in [-0.2, 0) is 0 Å².